The van der Waals surface area contributed by atoms with Crippen LogP contribution in [0.5, 0.6) is 0 Å². The predicted molar refractivity (Wildman–Crippen MR) is 97.4 cm³/mol. The summed E-state index contributed by atoms with van der Waals surface area (Å²) >= 11 is 0. The Bertz CT molecular complexity index is 1100. The van der Waals surface area contributed by atoms with Crippen molar-refractivity contribution in [1.29, 1.82) is 0 Å². The molecule has 7 heteroatoms. The largest absolute Gasteiger partial charge is 0.268 e. The normalized spacial score (nSPS) is 11.8. The fourth-order valence-electron chi connectivity index (χ4n) is 2.79. The number of sulfonamides is 1. The molecule has 0 amide bonds. The fourth-order valence-corrected chi connectivity index (χ4v) is 3.30. The molecule has 25 heavy (non-hydrogen) atoms. The molecular weight excluding hydrogens is 338 g/mol. The van der Waals surface area contributed by atoms with E-state index < -0.39 is 10.0 Å². The molecule has 0 spiro atoms. The monoisotopic (exact) mass is 357 g/mol. The van der Waals surface area contributed by atoms with Crippen molar-refractivity contribution in [3.05, 3.63) is 64.2 Å². The van der Waals surface area contributed by atoms with Crippen molar-refractivity contribution in [3.8, 4) is 5.69 Å². The number of primary sulfonamides is 1. The zero-order valence-electron chi connectivity index (χ0n) is 14.1. The molecule has 0 saturated carbocycles. The van der Waals surface area contributed by atoms with Crippen LogP contribution in [-0.2, 0) is 16.4 Å². The number of fused-ring (bicyclic) bond motifs is 1. The number of aromatic nitrogens is 2. The summed E-state index contributed by atoms with van der Waals surface area (Å²) in [6, 6.07) is 11.5. The maximum absolute atomic E-state index is 13.0. The van der Waals surface area contributed by atoms with Gasteiger partial charge in [0.25, 0.3) is 5.56 Å². The number of benzene rings is 2. The first kappa shape index (κ1) is 17.3. The Morgan fingerprint density at radius 3 is 2.40 bits per heavy atom. The van der Waals surface area contributed by atoms with Crippen molar-refractivity contribution < 1.29 is 8.42 Å². The smallest absolute Gasteiger partial charge is 0.265 e. The lowest BCUT2D eigenvalue weighted by Gasteiger charge is -2.14. The number of hydrogen-bond acceptors (Lipinski definition) is 4. The van der Waals surface area contributed by atoms with Gasteiger partial charge in [-0.1, -0.05) is 18.6 Å². The molecule has 3 rings (SSSR count). The highest BCUT2D eigenvalue weighted by atomic mass is 32.2. The van der Waals surface area contributed by atoms with Crippen LogP contribution in [0.15, 0.2) is 52.2 Å². The van der Waals surface area contributed by atoms with E-state index in [-0.39, 0.29) is 10.5 Å². The van der Waals surface area contributed by atoms with E-state index in [4.69, 9.17) is 5.14 Å². The van der Waals surface area contributed by atoms with E-state index in [0.29, 0.717) is 28.8 Å². The third-order valence-corrected chi connectivity index (χ3v) is 4.92. The average molecular weight is 357 g/mol. The molecule has 1 heterocycles. The van der Waals surface area contributed by atoms with Crippen LogP contribution in [0.1, 0.15) is 24.7 Å². The van der Waals surface area contributed by atoms with E-state index in [0.717, 1.165) is 12.0 Å². The summed E-state index contributed by atoms with van der Waals surface area (Å²) < 4.78 is 24.4. The van der Waals surface area contributed by atoms with Crippen molar-refractivity contribution in [2.24, 2.45) is 5.14 Å². The Kier molecular flexibility index (Phi) is 4.45. The molecule has 0 radical (unpaired) electrons. The van der Waals surface area contributed by atoms with Gasteiger partial charge in [-0.3, -0.25) is 9.36 Å². The molecule has 2 aromatic carbocycles. The summed E-state index contributed by atoms with van der Waals surface area (Å²) in [5.41, 5.74) is 2.04. The van der Waals surface area contributed by atoms with Crippen LogP contribution in [0, 0.1) is 6.92 Å². The van der Waals surface area contributed by atoms with Crippen molar-refractivity contribution in [2.75, 3.05) is 0 Å². The highest BCUT2D eigenvalue weighted by molar-refractivity contribution is 7.89. The minimum atomic E-state index is -3.78. The average Bonchev–Trinajstić information content (AvgIpc) is 2.56. The molecular formula is C18H19N3O3S. The predicted octanol–water partition coefficient (Wildman–Crippen LogP) is 2.29. The molecule has 2 N–H and O–H groups in total. The summed E-state index contributed by atoms with van der Waals surface area (Å²) in [7, 11) is -3.78. The maximum Gasteiger partial charge on any atom is 0.265 e. The minimum absolute atomic E-state index is 0.00549. The van der Waals surface area contributed by atoms with Crippen LogP contribution in [-0.4, -0.2) is 18.0 Å². The number of nitrogens with two attached hydrogens (primary N) is 1. The van der Waals surface area contributed by atoms with E-state index in [2.05, 4.69) is 4.98 Å². The van der Waals surface area contributed by atoms with Gasteiger partial charge in [-0.2, -0.15) is 0 Å². The van der Waals surface area contributed by atoms with E-state index in [1.165, 1.54) is 16.7 Å². The first-order valence-corrected chi connectivity index (χ1v) is 9.51. The van der Waals surface area contributed by atoms with Gasteiger partial charge in [0, 0.05) is 6.42 Å². The maximum atomic E-state index is 13.0. The second-order valence-electron chi connectivity index (χ2n) is 5.98. The van der Waals surface area contributed by atoms with Gasteiger partial charge < -0.3 is 0 Å². The zero-order valence-corrected chi connectivity index (χ0v) is 14.9. The van der Waals surface area contributed by atoms with Crippen LogP contribution in [0.25, 0.3) is 16.6 Å². The molecule has 0 aliphatic heterocycles. The van der Waals surface area contributed by atoms with Gasteiger partial charge in [-0.25, -0.2) is 18.5 Å². The van der Waals surface area contributed by atoms with Crippen LogP contribution in [0.3, 0.4) is 0 Å². The van der Waals surface area contributed by atoms with Gasteiger partial charge in [-0.15, -0.1) is 0 Å². The quantitative estimate of drug-likeness (QED) is 0.775. The second kappa shape index (κ2) is 6.42. The van der Waals surface area contributed by atoms with E-state index >= 15 is 0 Å². The lowest BCUT2D eigenvalue weighted by Crippen LogP contribution is -2.24. The van der Waals surface area contributed by atoms with Gasteiger partial charge in [0.05, 0.1) is 21.5 Å². The second-order valence-corrected chi connectivity index (χ2v) is 7.54. The van der Waals surface area contributed by atoms with Crippen LogP contribution < -0.4 is 10.7 Å². The van der Waals surface area contributed by atoms with Crippen LogP contribution >= 0.6 is 0 Å². The first-order chi connectivity index (χ1) is 11.8. The Hall–Kier alpha value is -2.51. The van der Waals surface area contributed by atoms with Crippen molar-refractivity contribution >= 4 is 20.9 Å². The van der Waals surface area contributed by atoms with Crippen LogP contribution in [0.4, 0.5) is 0 Å². The molecule has 130 valence electrons. The lowest BCUT2D eigenvalue weighted by molar-refractivity contribution is 0.598. The Balaban J connectivity index is 2.28. The van der Waals surface area contributed by atoms with Gasteiger partial charge in [0.15, 0.2) is 0 Å². The molecule has 1 aromatic heterocycles. The topological polar surface area (TPSA) is 95.0 Å². The first-order valence-electron chi connectivity index (χ1n) is 7.97. The number of hydrogen-bond donors (Lipinski definition) is 1. The van der Waals surface area contributed by atoms with Gasteiger partial charge in [-0.05, 0) is 49.7 Å². The molecule has 0 unspecified atom stereocenters. The van der Waals surface area contributed by atoms with Crippen molar-refractivity contribution in [2.45, 2.75) is 31.6 Å². The highest BCUT2D eigenvalue weighted by Crippen LogP contribution is 2.17. The molecule has 3 aromatic rings. The summed E-state index contributed by atoms with van der Waals surface area (Å²) in [6.45, 7) is 3.93. The van der Waals surface area contributed by atoms with E-state index in [1.807, 2.05) is 32.0 Å². The molecule has 0 aliphatic rings. The van der Waals surface area contributed by atoms with Gasteiger partial charge in [0.2, 0.25) is 10.0 Å². The molecule has 0 saturated heterocycles. The zero-order chi connectivity index (χ0) is 18.2. The summed E-state index contributed by atoms with van der Waals surface area (Å²) in [5, 5.41) is 5.67. The Morgan fingerprint density at radius 2 is 1.80 bits per heavy atom. The van der Waals surface area contributed by atoms with Crippen LogP contribution in [0.2, 0.25) is 0 Å². The molecule has 0 fully saturated rings. The SMILES string of the molecule is CCCc1nc2ccc(C)cc2c(=O)n1-c1ccc(S(N)(=O)=O)cc1. The minimum Gasteiger partial charge on any atom is -0.268 e. The van der Waals surface area contributed by atoms with Crippen molar-refractivity contribution in [3.63, 3.8) is 0 Å². The van der Waals surface area contributed by atoms with E-state index in [9.17, 15) is 13.2 Å². The number of aryl methyl sites for hydroxylation is 2. The summed E-state index contributed by atoms with van der Waals surface area (Å²) in [4.78, 5) is 17.7. The molecule has 0 aliphatic carbocycles. The number of nitrogens with zero attached hydrogens (tertiary/aromatic N) is 2. The fraction of sp³-hybridized carbons (Fsp3) is 0.222. The van der Waals surface area contributed by atoms with Gasteiger partial charge >= 0.3 is 0 Å². The highest BCUT2D eigenvalue weighted by Gasteiger charge is 2.14. The molecule has 0 atom stereocenters. The third kappa shape index (κ3) is 3.33. The molecule has 6 nitrogen and oxygen atoms in total. The standard InChI is InChI=1S/C18H19N3O3S/c1-3-4-17-20-16-10-5-12(2)11-15(16)18(22)21(17)13-6-8-14(9-7-13)25(19,23)24/h5-11H,3-4H2,1-2H3,(H2,19,23,24). The molecule has 0 bridgehead atoms. The summed E-state index contributed by atoms with van der Waals surface area (Å²) in [6.07, 6.45) is 1.47. The Morgan fingerprint density at radius 1 is 1.12 bits per heavy atom. The lowest BCUT2D eigenvalue weighted by atomic mass is 10.1. The van der Waals surface area contributed by atoms with Crippen molar-refractivity contribution in [1.82, 2.24) is 9.55 Å². The Labute approximate surface area is 146 Å². The summed E-state index contributed by atoms with van der Waals surface area (Å²) in [5.74, 6) is 0.646. The third-order valence-electron chi connectivity index (χ3n) is 3.99. The van der Waals surface area contributed by atoms with E-state index in [1.54, 1.807) is 12.1 Å². The van der Waals surface area contributed by atoms with Gasteiger partial charge in [0.1, 0.15) is 5.82 Å². The number of rotatable bonds is 4.